The molecular weight excluding hydrogens is 602 g/mol. The largest absolute Gasteiger partial charge is 0.349 e. The molecule has 1 aliphatic rings. The van der Waals surface area contributed by atoms with Crippen LogP contribution in [0.3, 0.4) is 0 Å². The lowest BCUT2D eigenvalue weighted by Crippen LogP contribution is -2.37. The van der Waals surface area contributed by atoms with Crippen molar-refractivity contribution >= 4 is 38.7 Å². The molecule has 0 radical (unpaired) electrons. The van der Waals surface area contributed by atoms with E-state index in [1.807, 2.05) is 54.7 Å². The molecule has 5 aromatic rings. The number of amides is 1. The van der Waals surface area contributed by atoms with Crippen molar-refractivity contribution in [1.29, 1.82) is 0 Å². The highest BCUT2D eigenvalue weighted by molar-refractivity contribution is 7.90. The van der Waals surface area contributed by atoms with Gasteiger partial charge in [0, 0.05) is 30.1 Å². The highest BCUT2D eigenvalue weighted by atomic mass is 35.5. The van der Waals surface area contributed by atoms with E-state index in [1.165, 1.54) is 17.6 Å². The third kappa shape index (κ3) is 6.42. The van der Waals surface area contributed by atoms with Crippen LogP contribution in [-0.2, 0) is 9.84 Å². The van der Waals surface area contributed by atoms with Gasteiger partial charge in [0.25, 0.3) is 5.91 Å². The Hall–Kier alpha value is -3.83. The Kier molecular flexibility index (Phi) is 8.45. The molecule has 11 heteroatoms. The maximum Gasteiger partial charge on any atom is 0.271 e. The normalized spacial score (nSPS) is 14.6. The highest BCUT2D eigenvalue weighted by Crippen LogP contribution is 2.37. The molecule has 1 amide bonds. The molecule has 1 unspecified atom stereocenters. The minimum absolute atomic E-state index is 0.0211. The van der Waals surface area contributed by atoms with E-state index >= 15 is 0 Å². The number of halogens is 1. The average molecular weight is 632 g/mol. The number of nitrogens with zero attached hydrogens (tertiary/aromatic N) is 4. The summed E-state index contributed by atoms with van der Waals surface area (Å²) >= 11 is 8.07. The SMILES string of the molecule is CS(=O)(=O)c1cccc(-c2ccc(-c3cc(C(=O)NCC(c4cccnc4)N4CCCC4)nn3-c3ccccc3Cl)s2)c1. The molecule has 2 aromatic carbocycles. The number of pyridine rings is 1. The smallest absolute Gasteiger partial charge is 0.271 e. The third-order valence-corrected chi connectivity index (χ3v) is 10.1. The summed E-state index contributed by atoms with van der Waals surface area (Å²) in [5.41, 5.74) is 3.49. The lowest BCUT2D eigenvalue weighted by Gasteiger charge is -2.27. The van der Waals surface area contributed by atoms with Crippen LogP contribution in [0.1, 0.15) is 34.9 Å². The number of para-hydroxylation sites is 1. The van der Waals surface area contributed by atoms with Gasteiger partial charge in [-0.1, -0.05) is 41.9 Å². The van der Waals surface area contributed by atoms with Crippen molar-refractivity contribution < 1.29 is 13.2 Å². The van der Waals surface area contributed by atoms with Crippen molar-refractivity contribution in [2.45, 2.75) is 23.8 Å². The van der Waals surface area contributed by atoms with Gasteiger partial charge in [-0.3, -0.25) is 14.7 Å². The zero-order valence-corrected chi connectivity index (χ0v) is 25.9. The van der Waals surface area contributed by atoms with E-state index < -0.39 is 9.84 Å². The van der Waals surface area contributed by atoms with Crippen LogP contribution in [0.2, 0.25) is 5.02 Å². The van der Waals surface area contributed by atoms with Crippen LogP contribution < -0.4 is 5.32 Å². The first-order valence-electron chi connectivity index (χ1n) is 14.0. The highest BCUT2D eigenvalue weighted by Gasteiger charge is 2.26. The molecule has 0 spiro atoms. The Bertz CT molecular complexity index is 1860. The van der Waals surface area contributed by atoms with Crippen molar-refractivity contribution in [3.05, 3.63) is 108 Å². The summed E-state index contributed by atoms with van der Waals surface area (Å²) in [5, 5.41) is 8.33. The van der Waals surface area contributed by atoms with Crippen molar-refractivity contribution in [2.75, 3.05) is 25.9 Å². The number of sulfone groups is 1. The predicted molar refractivity (Wildman–Crippen MR) is 171 cm³/mol. The van der Waals surface area contributed by atoms with Gasteiger partial charge in [0.15, 0.2) is 15.5 Å². The van der Waals surface area contributed by atoms with Gasteiger partial charge in [-0.15, -0.1) is 11.3 Å². The number of aromatic nitrogens is 3. The van der Waals surface area contributed by atoms with E-state index in [0.29, 0.717) is 22.9 Å². The number of rotatable bonds is 9. The van der Waals surface area contributed by atoms with Gasteiger partial charge < -0.3 is 5.32 Å². The lowest BCUT2D eigenvalue weighted by molar-refractivity contribution is 0.0932. The number of likely N-dealkylation sites (tertiary alicyclic amines) is 1. The van der Waals surface area contributed by atoms with Gasteiger partial charge in [-0.25, -0.2) is 13.1 Å². The number of benzene rings is 2. The number of carbonyl (C=O) groups is 1. The van der Waals surface area contributed by atoms with E-state index in [-0.39, 0.29) is 22.5 Å². The quantitative estimate of drug-likeness (QED) is 0.205. The van der Waals surface area contributed by atoms with E-state index in [2.05, 4.69) is 15.2 Å². The molecule has 6 rings (SSSR count). The number of carbonyl (C=O) groups excluding carboxylic acids is 1. The van der Waals surface area contributed by atoms with Crippen LogP contribution in [0, 0.1) is 0 Å². The van der Waals surface area contributed by atoms with Crippen LogP contribution in [-0.4, -0.2) is 59.9 Å². The number of thiophene rings is 1. The molecule has 8 nitrogen and oxygen atoms in total. The molecule has 1 fully saturated rings. The summed E-state index contributed by atoms with van der Waals surface area (Å²) in [7, 11) is -3.34. The number of hydrogen-bond donors (Lipinski definition) is 1. The Balaban J connectivity index is 1.32. The van der Waals surface area contributed by atoms with Gasteiger partial charge >= 0.3 is 0 Å². The van der Waals surface area contributed by atoms with E-state index in [1.54, 1.807) is 41.2 Å². The fourth-order valence-electron chi connectivity index (χ4n) is 5.35. The molecule has 3 aromatic heterocycles. The predicted octanol–water partition coefficient (Wildman–Crippen LogP) is 6.29. The van der Waals surface area contributed by atoms with Crippen LogP contribution in [0.4, 0.5) is 0 Å². The average Bonchev–Trinajstić information content (AvgIpc) is 3.79. The Morgan fingerprint density at radius 2 is 1.79 bits per heavy atom. The number of nitrogens with one attached hydrogen (secondary N) is 1. The fourth-order valence-corrected chi connectivity index (χ4v) is 7.24. The van der Waals surface area contributed by atoms with Gasteiger partial charge in [0.2, 0.25) is 0 Å². The molecule has 0 bridgehead atoms. The zero-order valence-electron chi connectivity index (χ0n) is 23.5. The Morgan fingerprint density at radius 3 is 2.53 bits per heavy atom. The first-order valence-corrected chi connectivity index (χ1v) is 17.0. The van der Waals surface area contributed by atoms with Crippen molar-refractivity contribution in [1.82, 2.24) is 25.0 Å². The van der Waals surface area contributed by atoms with Gasteiger partial charge in [-0.2, -0.15) is 5.10 Å². The van der Waals surface area contributed by atoms with Crippen LogP contribution in [0.25, 0.3) is 26.7 Å². The van der Waals surface area contributed by atoms with E-state index in [4.69, 9.17) is 16.7 Å². The second-order valence-electron chi connectivity index (χ2n) is 10.5. The molecule has 1 atom stereocenters. The maximum absolute atomic E-state index is 13.6. The standard InChI is InChI=1S/C32H30ClN5O3S2/c1-43(40,41)24-10-6-8-22(18-24)30-13-14-31(42-30)28-19-26(36-38(28)27-12-3-2-11-25(27)33)32(39)35-21-29(37-16-4-5-17-37)23-9-7-15-34-20-23/h2-3,6-15,18-20,29H,4-5,16-17,21H2,1H3,(H,35,39). The van der Waals surface area contributed by atoms with Crippen molar-refractivity contribution in [3.63, 3.8) is 0 Å². The van der Waals surface area contributed by atoms with Gasteiger partial charge in [0.1, 0.15) is 0 Å². The second-order valence-corrected chi connectivity index (χ2v) is 14.0. The van der Waals surface area contributed by atoms with Crippen LogP contribution in [0.5, 0.6) is 0 Å². The molecular formula is C32H30ClN5O3S2. The molecule has 220 valence electrons. The van der Waals surface area contributed by atoms with Crippen LogP contribution >= 0.6 is 22.9 Å². The zero-order chi connectivity index (χ0) is 30.0. The summed E-state index contributed by atoms with van der Waals surface area (Å²) in [6.45, 7) is 2.39. The second kappa shape index (κ2) is 12.4. The maximum atomic E-state index is 13.6. The third-order valence-electron chi connectivity index (χ3n) is 7.53. The minimum Gasteiger partial charge on any atom is -0.349 e. The lowest BCUT2D eigenvalue weighted by atomic mass is 10.1. The summed E-state index contributed by atoms with van der Waals surface area (Å²) in [6.07, 6.45) is 7.09. The summed E-state index contributed by atoms with van der Waals surface area (Å²) in [5.74, 6) is -0.280. The molecule has 0 saturated carbocycles. The topological polar surface area (TPSA) is 97.2 Å². The molecule has 4 heterocycles. The summed E-state index contributed by atoms with van der Waals surface area (Å²) < 4.78 is 26.0. The monoisotopic (exact) mass is 631 g/mol. The first-order chi connectivity index (χ1) is 20.8. The summed E-state index contributed by atoms with van der Waals surface area (Å²) in [4.78, 5) is 22.3. The molecule has 1 saturated heterocycles. The number of hydrogen-bond acceptors (Lipinski definition) is 7. The summed E-state index contributed by atoms with van der Waals surface area (Å²) in [6, 6.07) is 23.9. The molecule has 1 aliphatic heterocycles. The fraction of sp³-hybridized carbons (Fsp3) is 0.219. The van der Waals surface area contributed by atoms with E-state index in [9.17, 15) is 13.2 Å². The van der Waals surface area contributed by atoms with Gasteiger partial charge in [0.05, 0.1) is 32.2 Å². The van der Waals surface area contributed by atoms with E-state index in [0.717, 1.165) is 46.8 Å². The van der Waals surface area contributed by atoms with Gasteiger partial charge in [-0.05, 0) is 85.6 Å². The molecule has 1 N–H and O–H groups in total. The van der Waals surface area contributed by atoms with Crippen molar-refractivity contribution in [2.24, 2.45) is 0 Å². The minimum atomic E-state index is -3.34. The molecule has 43 heavy (non-hydrogen) atoms. The Labute approximate surface area is 259 Å². The van der Waals surface area contributed by atoms with Crippen molar-refractivity contribution in [3.8, 4) is 26.7 Å². The van der Waals surface area contributed by atoms with Crippen LogP contribution in [0.15, 0.2) is 96.2 Å². The first kappa shape index (κ1) is 29.3. The Morgan fingerprint density at radius 1 is 1.00 bits per heavy atom. The molecule has 0 aliphatic carbocycles.